The number of nitrogens with zero attached hydrogens (tertiary/aromatic N) is 5. The molecule has 0 atom stereocenters. The SMILES string of the molecule is Cn1c2ccccc2c2c(C(=O)N3CCN(c4ccc([N+](=O)[O-])cc4)CC3)cn(C3CCCC3)c(=O)c21. The molecule has 0 N–H and O–H groups in total. The van der Waals surface area contributed by atoms with Gasteiger partial charge in [-0.1, -0.05) is 31.0 Å². The van der Waals surface area contributed by atoms with Gasteiger partial charge in [0.25, 0.3) is 17.2 Å². The minimum atomic E-state index is -0.403. The molecule has 2 aliphatic rings. The molecule has 0 bridgehead atoms. The number of benzene rings is 2. The molecule has 6 rings (SSSR count). The highest BCUT2D eigenvalue weighted by Gasteiger charge is 2.29. The number of carbonyl (C=O) groups excluding carboxylic acids is 1. The average Bonchev–Trinajstić information content (AvgIpc) is 3.56. The van der Waals surface area contributed by atoms with E-state index in [2.05, 4.69) is 4.90 Å². The van der Waals surface area contributed by atoms with Gasteiger partial charge in [0.1, 0.15) is 5.52 Å². The normalized spacial score (nSPS) is 16.7. The van der Waals surface area contributed by atoms with Gasteiger partial charge >= 0.3 is 0 Å². The van der Waals surface area contributed by atoms with Gasteiger partial charge in [0.05, 0.1) is 10.5 Å². The Bertz CT molecular complexity index is 1570. The quantitative estimate of drug-likeness (QED) is 0.305. The second kappa shape index (κ2) is 9.06. The fourth-order valence-electron chi connectivity index (χ4n) is 6.04. The summed E-state index contributed by atoms with van der Waals surface area (Å²) in [4.78, 5) is 42.3. The highest BCUT2D eigenvalue weighted by atomic mass is 16.6. The standard InChI is InChI=1S/C28H29N5O4/c1-29-24-9-5-4-8-22(24)25-23(18-32(28(35)26(25)29)20-6-2-3-7-20)27(34)31-16-14-30(15-17-31)19-10-12-21(13-11-19)33(36)37/h4-5,8-13,18,20H,2-3,6-7,14-17H2,1H3. The highest BCUT2D eigenvalue weighted by molar-refractivity contribution is 6.17. The zero-order valence-electron chi connectivity index (χ0n) is 20.8. The van der Waals surface area contributed by atoms with Crippen LogP contribution in [0.1, 0.15) is 42.1 Å². The number of nitro benzene ring substituents is 1. The van der Waals surface area contributed by atoms with Gasteiger partial charge in [-0.3, -0.25) is 19.7 Å². The molecule has 1 amide bonds. The summed E-state index contributed by atoms with van der Waals surface area (Å²) in [5, 5.41) is 12.6. The number of hydrogen-bond donors (Lipinski definition) is 0. The number of non-ortho nitro benzene ring substituents is 1. The Kier molecular flexibility index (Phi) is 5.70. The van der Waals surface area contributed by atoms with Crippen LogP contribution >= 0.6 is 0 Å². The van der Waals surface area contributed by atoms with Gasteiger partial charge < -0.3 is 18.9 Å². The first-order valence-corrected chi connectivity index (χ1v) is 12.8. The molecule has 0 spiro atoms. The first-order valence-electron chi connectivity index (χ1n) is 12.8. The molecule has 2 fully saturated rings. The molecule has 9 heteroatoms. The third-order valence-corrected chi connectivity index (χ3v) is 8.02. The van der Waals surface area contributed by atoms with E-state index in [1.54, 1.807) is 12.1 Å². The van der Waals surface area contributed by atoms with Crippen molar-refractivity contribution in [3.8, 4) is 0 Å². The number of fused-ring (bicyclic) bond motifs is 3. The maximum atomic E-state index is 14.0. The number of aromatic nitrogens is 2. The molecule has 37 heavy (non-hydrogen) atoms. The smallest absolute Gasteiger partial charge is 0.275 e. The molecule has 2 aromatic carbocycles. The van der Waals surface area contributed by atoms with Crippen LogP contribution in [0.5, 0.6) is 0 Å². The number of amides is 1. The molecule has 1 aliphatic carbocycles. The van der Waals surface area contributed by atoms with Crippen molar-refractivity contribution in [2.24, 2.45) is 7.05 Å². The van der Waals surface area contributed by atoms with Gasteiger partial charge in [-0.05, 0) is 31.0 Å². The molecule has 1 aliphatic heterocycles. The second-order valence-corrected chi connectivity index (χ2v) is 10.0. The first kappa shape index (κ1) is 23.3. The lowest BCUT2D eigenvalue weighted by Crippen LogP contribution is -2.49. The fraction of sp³-hybridized carbons (Fsp3) is 0.357. The maximum Gasteiger partial charge on any atom is 0.275 e. The summed E-state index contributed by atoms with van der Waals surface area (Å²) in [5.74, 6) is -0.0588. The summed E-state index contributed by atoms with van der Waals surface area (Å²) in [6.07, 6.45) is 5.92. The zero-order chi connectivity index (χ0) is 25.7. The molecule has 190 valence electrons. The first-order chi connectivity index (χ1) is 17.9. The summed E-state index contributed by atoms with van der Waals surface area (Å²) in [6.45, 7) is 2.32. The Morgan fingerprint density at radius 3 is 2.32 bits per heavy atom. The number of para-hydroxylation sites is 1. The number of carbonyl (C=O) groups is 1. The molecule has 1 saturated carbocycles. The van der Waals surface area contributed by atoms with Crippen LogP contribution in [0.3, 0.4) is 0 Å². The van der Waals surface area contributed by atoms with Gasteiger partial charge in [0.15, 0.2) is 0 Å². The van der Waals surface area contributed by atoms with Crippen molar-refractivity contribution < 1.29 is 9.72 Å². The number of nitro groups is 1. The lowest BCUT2D eigenvalue weighted by Gasteiger charge is -2.36. The number of piperazine rings is 1. The summed E-state index contributed by atoms with van der Waals surface area (Å²) >= 11 is 0. The van der Waals surface area contributed by atoms with Crippen LogP contribution in [0, 0.1) is 10.1 Å². The number of anilines is 1. The van der Waals surface area contributed by atoms with E-state index in [0.29, 0.717) is 37.3 Å². The van der Waals surface area contributed by atoms with Gasteiger partial charge in [0, 0.05) is 79.6 Å². The van der Waals surface area contributed by atoms with E-state index in [-0.39, 0.29) is 23.2 Å². The van der Waals surface area contributed by atoms with Crippen LogP contribution in [0.2, 0.25) is 0 Å². The number of aryl methyl sites for hydroxylation is 1. The topological polar surface area (TPSA) is 93.6 Å². The average molecular weight is 500 g/mol. The Balaban J connectivity index is 1.36. The lowest BCUT2D eigenvalue weighted by molar-refractivity contribution is -0.384. The van der Waals surface area contributed by atoms with Crippen LogP contribution in [0.15, 0.2) is 59.5 Å². The molecule has 0 radical (unpaired) electrons. The highest BCUT2D eigenvalue weighted by Crippen LogP contribution is 2.33. The zero-order valence-corrected chi connectivity index (χ0v) is 20.8. The summed E-state index contributed by atoms with van der Waals surface area (Å²) < 4.78 is 3.75. The predicted molar refractivity (Wildman–Crippen MR) is 143 cm³/mol. The van der Waals surface area contributed by atoms with Crippen LogP contribution in [-0.4, -0.2) is 51.0 Å². The third kappa shape index (κ3) is 3.85. The molecular weight excluding hydrogens is 470 g/mol. The summed E-state index contributed by atoms with van der Waals surface area (Å²) in [5.41, 5.74) is 3.06. The molecular formula is C28H29N5O4. The van der Waals surface area contributed by atoms with Gasteiger partial charge in [-0.15, -0.1) is 0 Å². The number of hydrogen-bond acceptors (Lipinski definition) is 5. The molecule has 3 heterocycles. The Labute approximate surface area is 213 Å². The maximum absolute atomic E-state index is 14.0. The third-order valence-electron chi connectivity index (χ3n) is 8.02. The van der Waals surface area contributed by atoms with Crippen LogP contribution in [0.25, 0.3) is 21.8 Å². The lowest BCUT2D eigenvalue weighted by atomic mass is 10.1. The van der Waals surface area contributed by atoms with Gasteiger partial charge in [-0.25, -0.2) is 0 Å². The van der Waals surface area contributed by atoms with E-state index in [1.807, 2.05) is 51.5 Å². The van der Waals surface area contributed by atoms with E-state index < -0.39 is 4.92 Å². The second-order valence-electron chi connectivity index (χ2n) is 10.0. The molecule has 0 unspecified atom stereocenters. The van der Waals surface area contributed by atoms with E-state index in [1.165, 1.54) is 12.1 Å². The van der Waals surface area contributed by atoms with Crippen LogP contribution in [-0.2, 0) is 7.05 Å². The minimum Gasteiger partial charge on any atom is -0.368 e. The van der Waals surface area contributed by atoms with Crippen molar-refractivity contribution in [2.75, 3.05) is 31.1 Å². The molecule has 9 nitrogen and oxygen atoms in total. The summed E-state index contributed by atoms with van der Waals surface area (Å²) in [6, 6.07) is 14.5. The van der Waals surface area contributed by atoms with Crippen molar-refractivity contribution in [3.63, 3.8) is 0 Å². The van der Waals surface area contributed by atoms with Crippen molar-refractivity contribution in [1.29, 1.82) is 0 Å². The van der Waals surface area contributed by atoms with Crippen LogP contribution < -0.4 is 10.5 Å². The van der Waals surface area contributed by atoms with Crippen molar-refractivity contribution in [3.05, 3.63) is 80.8 Å². The van der Waals surface area contributed by atoms with Crippen molar-refractivity contribution in [2.45, 2.75) is 31.7 Å². The largest absolute Gasteiger partial charge is 0.368 e. The molecule has 1 saturated heterocycles. The minimum absolute atomic E-state index is 0.0276. The van der Waals surface area contributed by atoms with Gasteiger partial charge in [-0.2, -0.15) is 0 Å². The Morgan fingerprint density at radius 1 is 0.973 bits per heavy atom. The summed E-state index contributed by atoms with van der Waals surface area (Å²) in [7, 11) is 1.91. The number of rotatable bonds is 4. The van der Waals surface area contributed by atoms with E-state index in [4.69, 9.17) is 0 Å². The monoisotopic (exact) mass is 499 g/mol. The number of pyridine rings is 1. The van der Waals surface area contributed by atoms with Gasteiger partial charge in [0.2, 0.25) is 0 Å². The molecule has 2 aromatic heterocycles. The Morgan fingerprint density at radius 2 is 1.65 bits per heavy atom. The van der Waals surface area contributed by atoms with Crippen LogP contribution in [0.4, 0.5) is 11.4 Å². The predicted octanol–water partition coefficient (Wildman–Crippen LogP) is 4.48. The van der Waals surface area contributed by atoms with Crippen molar-refractivity contribution >= 4 is 39.1 Å². The van der Waals surface area contributed by atoms with Crippen molar-refractivity contribution in [1.82, 2.24) is 14.0 Å². The fourth-order valence-corrected chi connectivity index (χ4v) is 6.04. The Hall–Kier alpha value is -4.14. The molecule has 4 aromatic rings. The van der Waals surface area contributed by atoms with E-state index in [9.17, 15) is 19.7 Å². The van der Waals surface area contributed by atoms with E-state index >= 15 is 0 Å². The van der Waals surface area contributed by atoms with E-state index in [0.717, 1.165) is 47.7 Å².